The summed E-state index contributed by atoms with van der Waals surface area (Å²) in [5.41, 5.74) is 1.26. The first-order valence-electron chi connectivity index (χ1n) is 9.32. The van der Waals surface area contributed by atoms with Gasteiger partial charge >= 0.3 is 0 Å². The quantitative estimate of drug-likeness (QED) is 0.452. The Bertz CT molecular complexity index is 1300. The summed E-state index contributed by atoms with van der Waals surface area (Å²) in [5.74, 6) is -0.398. The van der Waals surface area contributed by atoms with Gasteiger partial charge in [-0.05, 0) is 48.0 Å². The summed E-state index contributed by atoms with van der Waals surface area (Å²) in [6, 6.07) is 9.54. The molecule has 0 unspecified atom stereocenters. The third kappa shape index (κ3) is 4.24. The van der Waals surface area contributed by atoms with Gasteiger partial charge in [0.2, 0.25) is 0 Å². The minimum Gasteiger partial charge on any atom is -0.497 e. The standard InChI is InChI=1S/C21H19F2N5O2S/c1-29-13-6-7-15(30-2)16(10-13)31-21-26-18-19(24)25-11-28(20(18)27-21)9-8-12-4-3-5-14(22)17(12)23/h3-7,10-11,24H,8-9H2,1-2H3,(H,26,27). The molecule has 0 fully saturated rings. The van der Waals surface area contributed by atoms with Crippen LogP contribution in [0, 0.1) is 17.0 Å². The molecule has 2 aromatic heterocycles. The van der Waals surface area contributed by atoms with Crippen molar-refractivity contribution < 1.29 is 18.3 Å². The van der Waals surface area contributed by atoms with Crippen LogP contribution in [0.2, 0.25) is 0 Å². The van der Waals surface area contributed by atoms with Crippen LogP contribution in [0.4, 0.5) is 8.78 Å². The van der Waals surface area contributed by atoms with Crippen molar-refractivity contribution in [1.29, 1.82) is 5.41 Å². The van der Waals surface area contributed by atoms with Gasteiger partial charge in [-0.25, -0.2) is 18.7 Å². The van der Waals surface area contributed by atoms with Gasteiger partial charge < -0.3 is 19.0 Å². The van der Waals surface area contributed by atoms with Crippen molar-refractivity contribution in [3.8, 4) is 11.5 Å². The Hall–Kier alpha value is -3.40. The largest absolute Gasteiger partial charge is 0.497 e. The van der Waals surface area contributed by atoms with E-state index in [-0.39, 0.29) is 17.5 Å². The molecular formula is C21H19F2N5O2S. The maximum Gasteiger partial charge on any atom is 0.173 e. The van der Waals surface area contributed by atoms with E-state index in [0.29, 0.717) is 34.4 Å². The van der Waals surface area contributed by atoms with Gasteiger partial charge in [-0.15, -0.1) is 0 Å². The first kappa shape index (κ1) is 20.9. The molecule has 4 rings (SSSR count). The van der Waals surface area contributed by atoms with Gasteiger partial charge in [-0.2, -0.15) is 0 Å². The zero-order valence-corrected chi connectivity index (χ0v) is 17.6. The highest BCUT2D eigenvalue weighted by atomic mass is 32.2. The summed E-state index contributed by atoms with van der Waals surface area (Å²) >= 11 is 1.32. The monoisotopic (exact) mass is 443 g/mol. The number of hydrogen-bond acceptors (Lipinski definition) is 6. The van der Waals surface area contributed by atoms with Crippen LogP contribution in [-0.2, 0) is 13.0 Å². The number of ether oxygens (including phenoxy) is 2. The molecule has 0 saturated carbocycles. The van der Waals surface area contributed by atoms with Crippen LogP contribution in [0.5, 0.6) is 11.5 Å². The van der Waals surface area contributed by atoms with E-state index >= 15 is 0 Å². The second kappa shape index (κ2) is 8.76. The highest BCUT2D eigenvalue weighted by Crippen LogP contribution is 2.36. The molecule has 160 valence electrons. The number of benzene rings is 2. The average Bonchev–Trinajstić information content (AvgIpc) is 3.20. The highest BCUT2D eigenvalue weighted by Gasteiger charge is 2.14. The fourth-order valence-electron chi connectivity index (χ4n) is 3.12. The van der Waals surface area contributed by atoms with Gasteiger partial charge in [-0.3, -0.25) is 5.41 Å². The lowest BCUT2D eigenvalue weighted by atomic mass is 10.1. The summed E-state index contributed by atoms with van der Waals surface area (Å²) in [6.45, 7) is 0.321. The predicted octanol–water partition coefficient (Wildman–Crippen LogP) is 3.93. The van der Waals surface area contributed by atoms with Gasteiger partial charge in [0.25, 0.3) is 0 Å². The number of aromatic amines is 1. The number of nitrogens with one attached hydrogen (secondary N) is 2. The van der Waals surface area contributed by atoms with Crippen LogP contribution in [-0.4, -0.2) is 33.7 Å². The van der Waals surface area contributed by atoms with Crippen molar-refractivity contribution in [3.05, 3.63) is 65.4 Å². The van der Waals surface area contributed by atoms with E-state index in [4.69, 9.17) is 14.9 Å². The Labute approximate surface area is 180 Å². The Morgan fingerprint density at radius 2 is 2.00 bits per heavy atom. The molecule has 0 aliphatic heterocycles. The molecular weight excluding hydrogens is 424 g/mol. The molecule has 4 aromatic rings. The minimum atomic E-state index is -0.877. The fraction of sp³-hybridized carbons (Fsp3) is 0.190. The first-order valence-corrected chi connectivity index (χ1v) is 10.1. The van der Waals surface area contributed by atoms with Gasteiger partial charge in [0.1, 0.15) is 17.0 Å². The summed E-state index contributed by atoms with van der Waals surface area (Å²) in [5, 5.41) is 8.63. The molecule has 0 bridgehead atoms. The first-order chi connectivity index (χ1) is 15.0. The number of halogens is 2. The van der Waals surface area contributed by atoms with Gasteiger partial charge in [-0.1, -0.05) is 12.1 Å². The molecule has 2 heterocycles. The molecule has 2 aromatic carbocycles. The molecule has 0 saturated heterocycles. The smallest absolute Gasteiger partial charge is 0.173 e. The summed E-state index contributed by atoms with van der Waals surface area (Å²) in [7, 11) is 3.16. The Balaban J connectivity index is 1.66. The van der Waals surface area contributed by atoms with E-state index in [0.717, 1.165) is 11.0 Å². The highest BCUT2D eigenvalue weighted by molar-refractivity contribution is 7.99. The number of nitrogens with zero attached hydrogens (tertiary/aromatic N) is 3. The lowest BCUT2D eigenvalue weighted by Crippen LogP contribution is -2.14. The van der Waals surface area contributed by atoms with Crippen LogP contribution in [0.25, 0.3) is 11.2 Å². The van der Waals surface area contributed by atoms with E-state index in [1.54, 1.807) is 37.0 Å². The maximum absolute atomic E-state index is 14.0. The van der Waals surface area contributed by atoms with Crippen molar-refractivity contribution in [2.24, 2.45) is 0 Å². The molecule has 7 nitrogen and oxygen atoms in total. The van der Waals surface area contributed by atoms with E-state index in [1.165, 1.54) is 24.2 Å². The van der Waals surface area contributed by atoms with Crippen molar-refractivity contribution in [3.63, 3.8) is 0 Å². The second-order valence-electron chi connectivity index (χ2n) is 6.61. The van der Waals surface area contributed by atoms with E-state index in [9.17, 15) is 8.78 Å². The van der Waals surface area contributed by atoms with Gasteiger partial charge in [0.05, 0.1) is 25.4 Å². The molecule has 0 aliphatic carbocycles. The number of aromatic nitrogens is 4. The molecule has 0 radical (unpaired) electrons. The normalized spacial score (nSPS) is 11.1. The molecule has 0 amide bonds. The van der Waals surface area contributed by atoms with E-state index < -0.39 is 11.6 Å². The zero-order valence-electron chi connectivity index (χ0n) is 16.8. The van der Waals surface area contributed by atoms with E-state index in [1.807, 2.05) is 6.07 Å². The molecule has 0 atom stereocenters. The molecule has 0 spiro atoms. The fourth-order valence-corrected chi connectivity index (χ4v) is 4.05. The Kier molecular flexibility index (Phi) is 5.90. The molecule has 31 heavy (non-hydrogen) atoms. The zero-order chi connectivity index (χ0) is 22.0. The topological polar surface area (TPSA) is 88.8 Å². The third-order valence-electron chi connectivity index (χ3n) is 4.73. The van der Waals surface area contributed by atoms with Crippen molar-refractivity contribution in [2.45, 2.75) is 23.0 Å². The van der Waals surface area contributed by atoms with Crippen molar-refractivity contribution in [2.75, 3.05) is 14.2 Å². The number of methoxy groups -OCH3 is 2. The lowest BCUT2D eigenvalue weighted by molar-refractivity contribution is 0.394. The van der Waals surface area contributed by atoms with Crippen LogP contribution in [0.3, 0.4) is 0 Å². The van der Waals surface area contributed by atoms with Crippen molar-refractivity contribution in [1.82, 2.24) is 19.5 Å². The van der Waals surface area contributed by atoms with Crippen LogP contribution in [0.15, 0.2) is 52.8 Å². The SMILES string of the molecule is COc1ccc(OC)c(Sc2nc3c([nH]2)c(=N)ncn3CCc2cccc(F)c2F)c1. The lowest BCUT2D eigenvalue weighted by Gasteiger charge is -2.08. The molecule has 0 aliphatic rings. The number of rotatable bonds is 7. The maximum atomic E-state index is 14.0. The van der Waals surface area contributed by atoms with Crippen molar-refractivity contribution >= 4 is 22.9 Å². The number of aryl methyl sites for hydroxylation is 2. The number of fused-ring (bicyclic) bond motifs is 1. The van der Waals surface area contributed by atoms with Crippen LogP contribution in [0.1, 0.15) is 5.56 Å². The van der Waals surface area contributed by atoms with Gasteiger partial charge in [0, 0.05) is 6.54 Å². The number of hydrogen-bond donors (Lipinski definition) is 2. The van der Waals surface area contributed by atoms with Crippen LogP contribution < -0.4 is 15.0 Å². The predicted molar refractivity (Wildman–Crippen MR) is 111 cm³/mol. The second-order valence-corrected chi connectivity index (χ2v) is 7.64. The summed E-state index contributed by atoms with van der Waals surface area (Å²) in [6.07, 6.45) is 1.73. The van der Waals surface area contributed by atoms with E-state index in [2.05, 4.69) is 15.0 Å². The average molecular weight is 443 g/mol. The Morgan fingerprint density at radius 3 is 2.77 bits per heavy atom. The minimum absolute atomic E-state index is 0.0418. The Morgan fingerprint density at radius 1 is 1.16 bits per heavy atom. The summed E-state index contributed by atoms with van der Waals surface area (Å²) in [4.78, 5) is 12.6. The number of imidazole rings is 1. The molecule has 10 heteroatoms. The summed E-state index contributed by atoms with van der Waals surface area (Å²) < 4.78 is 39.9. The van der Waals surface area contributed by atoms with Crippen LogP contribution >= 0.6 is 11.8 Å². The number of H-pyrrole nitrogens is 1. The van der Waals surface area contributed by atoms with Gasteiger partial charge in [0.15, 0.2) is 27.9 Å². The molecule has 2 N–H and O–H groups in total. The third-order valence-corrected chi connectivity index (χ3v) is 5.65.